The third-order valence-electron chi connectivity index (χ3n) is 3.45. The zero-order valence-corrected chi connectivity index (χ0v) is 11.2. The van der Waals surface area contributed by atoms with Crippen molar-refractivity contribution in [1.29, 1.82) is 0 Å². The van der Waals surface area contributed by atoms with Crippen LogP contribution >= 0.6 is 12.4 Å². The van der Waals surface area contributed by atoms with E-state index in [0.717, 1.165) is 19.0 Å². The van der Waals surface area contributed by atoms with Crippen molar-refractivity contribution in [3.05, 3.63) is 0 Å². The van der Waals surface area contributed by atoms with Crippen LogP contribution in [0.2, 0.25) is 0 Å². The van der Waals surface area contributed by atoms with E-state index in [2.05, 4.69) is 17.6 Å². The second-order valence-corrected chi connectivity index (χ2v) is 4.68. The molecule has 1 fully saturated rings. The average Bonchev–Trinajstić information content (AvgIpc) is 2.25. The molecule has 2 atom stereocenters. The van der Waals surface area contributed by atoms with Crippen molar-refractivity contribution in [2.24, 2.45) is 11.8 Å². The van der Waals surface area contributed by atoms with Crippen molar-refractivity contribution in [2.45, 2.75) is 39.0 Å². The summed E-state index contributed by atoms with van der Waals surface area (Å²) in [5, 5.41) is 6.02. The lowest BCUT2D eigenvalue weighted by molar-refractivity contribution is -0.121. The van der Waals surface area contributed by atoms with Gasteiger partial charge in [0, 0.05) is 19.5 Å². The highest BCUT2D eigenvalue weighted by Crippen LogP contribution is 2.28. The standard InChI is InChI=1S/C12H24N2O.ClH/c1-10-5-3-4-6-11(10)9-14-12(15)7-8-13-2;/h10-11,13H,3-9H2,1-2H3,(H,14,15);1H. The number of carbonyl (C=O) groups is 1. The van der Waals surface area contributed by atoms with Crippen LogP contribution < -0.4 is 10.6 Å². The molecule has 16 heavy (non-hydrogen) atoms. The highest BCUT2D eigenvalue weighted by molar-refractivity contribution is 5.85. The van der Waals surface area contributed by atoms with E-state index in [9.17, 15) is 4.79 Å². The van der Waals surface area contributed by atoms with Crippen molar-refractivity contribution < 1.29 is 4.79 Å². The van der Waals surface area contributed by atoms with E-state index in [0.29, 0.717) is 12.3 Å². The van der Waals surface area contributed by atoms with Crippen LogP contribution in [-0.4, -0.2) is 26.0 Å². The maximum Gasteiger partial charge on any atom is 0.221 e. The van der Waals surface area contributed by atoms with Gasteiger partial charge in [0.15, 0.2) is 0 Å². The normalized spacial score (nSPS) is 24.6. The molecule has 1 aliphatic carbocycles. The number of amides is 1. The van der Waals surface area contributed by atoms with Gasteiger partial charge in [-0.05, 0) is 25.3 Å². The number of hydrogen-bond acceptors (Lipinski definition) is 2. The summed E-state index contributed by atoms with van der Waals surface area (Å²) in [4.78, 5) is 11.4. The van der Waals surface area contributed by atoms with Gasteiger partial charge in [0.05, 0.1) is 0 Å². The summed E-state index contributed by atoms with van der Waals surface area (Å²) < 4.78 is 0. The monoisotopic (exact) mass is 248 g/mol. The summed E-state index contributed by atoms with van der Waals surface area (Å²) in [6.07, 6.45) is 5.91. The molecule has 0 aromatic heterocycles. The predicted molar refractivity (Wildman–Crippen MR) is 69.9 cm³/mol. The predicted octanol–water partition coefficient (Wildman–Crippen LogP) is 1.96. The van der Waals surface area contributed by atoms with Crippen LogP contribution in [0.1, 0.15) is 39.0 Å². The molecule has 96 valence electrons. The first-order chi connectivity index (χ1) is 7.24. The molecule has 0 heterocycles. The maximum absolute atomic E-state index is 11.4. The van der Waals surface area contributed by atoms with Crippen LogP contribution in [0.4, 0.5) is 0 Å². The highest BCUT2D eigenvalue weighted by Gasteiger charge is 2.21. The smallest absolute Gasteiger partial charge is 0.221 e. The molecule has 1 aliphatic rings. The van der Waals surface area contributed by atoms with Crippen molar-refractivity contribution >= 4 is 18.3 Å². The van der Waals surface area contributed by atoms with Crippen molar-refractivity contribution in [3.63, 3.8) is 0 Å². The van der Waals surface area contributed by atoms with E-state index >= 15 is 0 Å². The molecule has 0 aliphatic heterocycles. The zero-order valence-electron chi connectivity index (χ0n) is 10.4. The molecular weight excluding hydrogens is 224 g/mol. The fraction of sp³-hybridized carbons (Fsp3) is 0.917. The molecule has 2 unspecified atom stereocenters. The minimum Gasteiger partial charge on any atom is -0.356 e. The Balaban J connectivity index is 0.00000225. The van der Waals surface area contributed by atoms with E-state index in [4.69, 9.17) is 0 Å². The quantitative estimate of drug-likeness (QED) is 0.781. The molecule has 1 amide bonds. The topological polar surface area (TPSA) is 41.1 Å². The lowest BCUT2D eigenvalue weighted by Crippen LogP contribution is -2.34. The van der Waals surface area contributed by atoms with Crippen molar-refractivity contribution in [3.8, 4) is 0 Å². The van der Waals surface area contributed by atoms with E-state index in [1.807, 2.05) is 7.05 Å². The number of halogens is 1. The van der Waals surface area contributed by atoms with Gasteiger partial charge in [-0.3, -0.25) is 4.79 Å². The molecule has 1 rings (SSSR count). The summed E-state index contributed by atoms with van der Waals surface area (Å²) in [6.45, 7) is 3.96. The Morgan fingerprint density at radius 2 is 2.00 bits per heavy atom. The van der Waals surface area contributed by atoms with Crippen LogP contribution in [0.5, 0.6) is 0 Å². The molecule has 0 aromatic carbocycles. The van der Waals surface area contributed by atoms with Gasteiger partial charge < -0.3 is 10.6 Å². The Labute approximate surface area is 105 Å². The van der Waals surface area contributed by atoms with E-state index < -0.39 is 0 Å². The molecule has 2 N–H and O–H groups in total. The van der Waals surface area contributed by atoms with Gasteiger partial charge in [-0.1, -0.05) is 26.2 Å². The van der Waals surface area contributed by atoms with E-state index in [1.54, 1.807) is 0 Å². The Bertz CT molecular complexity index is 199. The summed E-state index contributed by atoms with van der Waals surface area (Å²) in [6, 6.07) is 0. The average molecular weight is 249 g/mol. The van der Waals surface area contributed by atoms with Gasteiger partial charge in [0.1, 0.15) is 0 Å². The Hall–Kier alpha value is -0.280. The SMILES string of the molecule is CNCCC(=O)NCC1CCCCC1C.Cl. The minimum absolute atomic E-state index is 0. The van der Waals surface area contributed by atoms with E-state index in [-0.39, 0.29) is 18.3 Å². The van der Waals surface area contributed by atoms with Gasteiger partial charge in [-0.2, -0.15) is 0 Å². The molecule has 0 bridgehead atoms. The number of hydrogen-bond donors (Lipinski definition) is 2. The molecule has 0 saturated heterocycles. The third kappa shape index (κ3) is 5.71. The second kappa shape index (κ2) is 8.82. The van der Waals surface area contributed by atoms with Crippen LogP contribution in [0.25, 0.3) is 0 Å². The summed E-state index contributed by atoms with van der Waals surface area (Å²) in [5.74, 6) is 1.67. The number of rotatable bonds is 5. The summed E-state index contributed by atoms with van der Waals surface area (Å²) >= 11 is 0. The Morgan fingerprint density at radius 3 is 2.62 bits per heavy atom. The zero-order chi connectivity index (χ0) is 11.1. The van der Waals surface area contributed by atoms with Gasteiger partial charge in [-0.15, -0.1) is 12.4 Å². The lowest BCUT2D eigenvalue weighted by Gasteiger charge is -2.28. The van der Waals surface area contributed by atoms with Crippen LogP contribution in [0.15, 0.2) is 0 Å². The lowest BCUT2D eigenvalue weighted by atomic mass is 9.80. The largest absolute Gasteiger partial charge is 0.356 e. The van der Waals surface area contributed by atoms with Crippen LogP contribution in [0, 0.1) is 11.8 Å². The minimum atomic E-state index is 0. The molecular formula is C12H25ClN2O. The Kier molecular flexibility index (Phi) is 8.67. The van der Waals surface area contributed by atoms with E-state index in [1.165, 1.54) is 25.7 Å². The molecule has 4 heteroatoms. The van der Waals surface area contributed by atoms with Crippen molar-refractivity contribution in [1.82, 2.24) is 10.6 Å². The van der Waals surface area contributed by atoms with Gasteiger partial charge >= 0.3 is 0 Å². The first-order valence-corrected chi connectivity index (χ1v) is 6.15. The highest BCUT2D eigenvalue weighted by atomic mass is 35.5. The van der Waals surface area contributed by atoms with Gasteiger partial charge in [0.25, 0.3) is 0 Å². The third-order valence-corrected chi connectivity index (χ3v) is 3.45. The molecule has 0 spiro atoms. The summed E-state index contributed by atoms with van der Waals surface area (Å²) in [7, 11) is 1.87. The first-order valence-electron chi connectivity index (χ1n) is 6.15. The number of carbonyl (C=O) groups excluding carboxylic acids is 1. The molecule has 0 radical (unpaired) electrons. The fourth-order valence-corrected chi connectivity index (χ4v) is 2.27. The maximum atomic E-state index is 11.4. The van der Waals surface area contributed by atoms with Crippen LogP contribution in [0.3, 0.4) is 0 Å². The molecule has 1 saturated carbocycles. The second-order valence-electron chi connectivity index (χ2n) is 4.68. The fourth-order valence-electron chi connectivity index (χ4n) is 2.27. The van der Waals surface area contributed by atoms with Gasteiger partial charge in [0.2, 0.25) is 5.91 Å². The van der Waals surface area contributed by atoms with Gasteiger partial charge in [-0.25, -0.2) is 0 Å². The molecule has 0 aromatic rings. The molecule has 3 nitrogen and oxygen atoms in total. The van der Waals surface area contributed by atoms with Crippen LogP contribution in [-0.2, 0) is 4.79 Å². The first kappa shape index (κ1) is 15.7. The Morgan fingerprint density at radius 1 is 1.31 bits per heavy atom. The summed E-state index contributed by atoms with van der Waals surface area (Å²) in [5.41, 5.74) is 0. The van der Waals surface area contributed by atoms with Crippen molar-refractivity contribution in [2.75, 3.05) is 20.1 Å². The number of nitrogens with one attached hydrogen (secondary N) is 2.